The maximum atomic E-state index is 13.8. The number of anilines is 1. The van der Waals surface area contributed by atoms with Crippen LogP contribution >= 0.6 is 0 Å². The van der Waals surface area contributed by atoms with Crippen molar-refractivity contribution in [1.29, 1.82) is 0 Å². The molecule has 1 aliphatic carbocycles. The number of benzene rings is 2. The molecule has 0 spiro atoms. The molecule has 1 fully saturated rings. The summed E-state index contributed by atoms with van der Waals surface area (Å²) in [5.74, 6) is -2.84. The second kappa shape index (κ2) is 7.71. The fourth-order valence-corrected chi connectivity index (χ4v) is 4.01. The van der Waals surface area contributed by atoms with Gasteiger partial charge < -0.3 is 11.1 Å². The number of rotatable bonds is 7. The number of amides is 1. The molecule has 9 heteroatoms. The Labute approximate surface area is 155 Å². The highest BCUT2D eigenvalue weighted by molar-refractivity contribution is 7.89. The summed E-state index contributed by atoms with van der Waals surface area (Å²) in [5, 5.41) is 2.61. The molecule has 0 radical (unpaired) electrons. The molecule has 6 nitrogen and oxygen atoms in total. The van der Waals surface area contributed by atoms with Gasteiger partial charge in [-0.2, -0.15) is 0 Å². The van der Waals surface area contributed by atoms with Gasteiger partial charge in [0, 0.05) is 36.2 Å². The van der Waals surface area contributed by atoms with Crippen molar-refractivity contribution in [3.8, 4) is 0 Å². The predicted molar refractivity (Wildman–Crippen MR) is 96.5 cm³/mol. The molecular formula is C18H19F2N3O3S. The van der Waals surface area contributed by atoms with Crippen LogP contribution in [0.5, 0.6) is 0 Å². The smallest absolute Gasteiger partial charge is 0.240 e. The van der Waals surface area contributed by atoms with Gasteiger partial charge in [0.15, 0.2) is 0 Å². The lowest BCUT2D eigenvalue weighted by molar-refractivity contribution is -0.117. The largest absolute Gasteiger partial charge is 0.329 e. The molecule has 1 saturated carbocycles. The van der Waals surface area contributed by atoms with Crippen molar-refractivity contribution in [2.75, 3.05) is 18.4 Å². The number of carbonyl (C=O) groups excluding carboxylic acids is 1. The van der Waals surface area contributed by atoms with E-state index < -0.39 is 39.4 Å². The summed E-state index contributed by atoms with van der Waals surface area (Å²) in [5.41, 5.74) is 5.50. The van der Waals surface area contributed by atoms with Crippen LogP contribution in [-0.4, -0.2) is 27.4 Å². The second-order valence-corrected chi connectivity index (χ2v) is 8.05. The van der Waals surface area contributed by atoms with E-state index >= 15 is 0 Å². The SMILES string of the molecule is NCCNS(=O)(=O)c1cccc(NC(=O)C2CC2c2c(F)cccc2F)c1. The first-order valence-electron chi connectivity index (χ1n) is 8.38. The van der Waals surface area contributed by atoms with Crippen LogP contribution in [0.1, 0.15) is 17.9 Å². The molecule has 144 valence electrons. The van der Waals surface area contributed by atoms with Gasteiger partial charge >= 0.3 is 0 Å². The van der Waals surface area contributed by atoms with Crippen LogP contribution in [0.3, 0.4) is 0 Å². The predicted octanol–water partition coefficient (Wildman–Crippen LogP) is 1.94. The zero-order chi connectivity index (χ0) is 19.6. The molecule has 0 saturated heterocycles. The Bertz CT molecular complexity index is 946. The molecule has 2 aromatic rings. The number of nitrogens with two attached hydrogens (primary N) is 1. The Morgan fingerprint density at radius 2 is 1.81 bits per heavy atom. The average molecular weight is 395 g/mol. The minimum atomic E-state index is -3.73. The first kappa shape index (κ1) is 19.4. The average Bonchev–Trinajstić information content (AvgIpc) is 3.41. The molecule has 0 heterocycles. The van der Waals surface area contributed by atoms with Crippen LogP contribution in [0.15, 0.2) is 47.4 Å². The fraction of sp³-hybridized carbons (Fsp3) is 0.278. The van der Waals surface area contributed by atoms with E-state index in [1.54, 1.807) is 6.07 Å². The van der Waals surface area contributed by atoms with E-state index in [0.29, 0.717) is 6.42 Å². The van der Waals surface area contributed by atoms with Crippen molar-refractivity contribution < 1.29 is 22.0 Å². The minimum Gasteiger partial charge on any atom is -0.329 e. The van der Waals surface area contributed by atoms with Crippen molar-refractivity contribution in [3.63, 3.8) is 0 Å². The van der Waals surface area contributed by atoms with Crippen LogP contribution in [0.2, 0.25) is 0 Å². The monoisotopic (exact) mass is 395 g/mol. The lowest BCUT2D eigenvalue weighted by atomic mass is 10.1. The fourth-order valence-electron chi connectivity index (χ4n) is 2.92. The Hall–Kier alpha value is -2.36. The zero-order valence-electron chi connectivity index (χ0n) is 14.3. The lowest BCUT2D eigenvalue weighted by Gasteiger charge is -2.09. The highest BCUT2D eigenvalue weighted by Gasteiger charge is 2.46. The van der Waals surface area contributed by atoms with Gasteiger partial charge in [-0.15, -0.1) is 0 Å². The van der Waals surface area contributed by atoms with Crippen molar-refractivity contribution in [2.24, 2.45) is 11.7 Å². The highest BCUT2D eigenvalue weighted by atomic mass is 32.2. The number of halogens is 2. The summed E-state index contributed by atoms with van der Waals surface area (Å²) in [4.78, 5) is 12.4. The van der Waals surface area contributed by atoms with Crippen LogP contribution in [0.25, 0.3) is 0 Å². The summed E-state index contributed by atoms with van der Waals surface area (Å²) < 4.78 is 54.3. The molecule has 1 aliphatic rings. The minimum absolute atomic E-state index is 0.0127. The molecule has 2 atom stereocenters. The Morgan fingerprint density at radius 3 is 2.48 bits per heavy atom. The molecular weight excluding hydrogens is 376 g/mol. The molecule has 27 heavy (non-hydrogen) atoms. The van der Waals surface area contributed by atoms with Crippen molar-refractivity contribution >= 4 is 21.6 Å². The Morgan fingerprint density at radius 1 is 1.15 bits per heavy atom. The second-order valence-electron chi connectivity index (χ2n) is 6.29. The van der Waals surface area contributed by atoms with Gasteiger partial charge in [-0.05, 0) is 36.8 Å². The molecule has 4 N–H and O–H groups in total. The van der Waals surface area contributed by atoms with E-state index in [0.717, 1.165) is 12.1 Å². The molecule has 1 amide bonds. The maximum absolute atomic E-state index is 13.8. The van der Waals surface area contributed by atoms with E-state index in [-0.39, 0.29) is 29.2 Å². The van der Waals surface area contributed by atoms with Crippen molar-refractivity contribution in [3.05, 3.63) is 59.7 Å². The van der Waals surface area contributed by atoms with Crippen LogP contribution in [0, 0.1) is 17.6 Å². The van der Waals surface area contributed by atoms with E-state index in [4.69, 9.17) is 5.73 Å². The number of nitrogens with one attached hydrogen (secondary N) is 2. The third kappa shape index (κ3) is 4.32. The molecule has 0 aliphatic heterocycles. The number of sulfonamides is 1. The van der Waals surface area contributed by atoms with Gasteiger partial charge in [0.1, 0.15) is 11.6 Å². The summed E-state index contributed by atoms with van der Waals surface area (Å²) in [7, 11) is -3.73. The first-order chi connectivity index (χ1) is 12.8. The van der Waals surface area contributed by atoms with Gasteiger partial charge in [0.25, 0.3) is 0 Å². The molecule has 0 aromatic heterocycles. The van der Waals surface area contributed by atoms with E-state index in [9.17, 15) is 22.0 Å². The Balaban J connectivity index is 1.70. The Kier molecular flexibility index (Phi) is 5.54. The number of hydrogen-bond donors (Lipinski definition) is 3. The van der Waals surface area contributed by atoms with E-state index in [1.165, 1.54) is 24.3 Å². The van der Waals surface area contributed by atoms with E-state index in [1.807, 2.05) is 0 Å². The molecule has 2 aromatic carbocycles. The zero-order valence-corrected chi connectivity index (χ0v) is 15.1. The normalized spacial score (nSPS) is 18.9. The lowest BCUT2D eigenvalue weighted by Crippen LogP contribution is -2.29. The molecule has 3 rings (SSSR count). The van der Waals surface area contributed by atoms with Gasteiger partial charge in [0.05, 0.1) is 4.90 Å². The number of hydrogen-bond acceptors (Lipinski definition) is 4. The van der Waals surface area contributed by atoms with Crippen molar-refractivity contribution in [1.82, 2.24) is 4.72 Å². The quantitative estimate of drug-likeness (QED) is 0.667. The summed E-state index contributed by atoms with van der Waals surface area (Å²) >= 11 is 0. The van der Waals surface area contributed by atoms with Gasteiger partial charge in [-0.25, -0.2) is 21.9 Å². The van der Waals surface area contributed by atoms with Crippen LogP contribution < -0.4 is 15.8 Å². The van der Waals surface area contributed by atoms with Crippen LogP contribution in [-0.2, 0) is 14.8 Å². The number of carbonyl (C=O) groups is 1. The van der Waals surface area contributed by atoms with Gasteiger partial charge in [-0.1, -0.05) is 12.1 Å². The topological polar surface area (TPSA) is 101 Å². The first-order valence-corrected chi connectivity index (χ1v) is 9.86. The van der Waals surface area contributed by atoms with Gasteiger partial charge in [0.2, 0.25) is 15.9 Å². The standard InChI is InChI=1S/C18H19F2N3O3S/c19-15-5-2-6-16(20)17(15)13-10-14(13)18(24)23-11-3-1-4-12(9-11)27(25,26)22-8-7-21/h1-6,9,13-14,22H,7-8,10,21H2,(H,23,24). The summed E-state index contributed by atoms with van der Waals surface area (Å²) in [6, 6.07) is 9.34. The molecule has 2 unspecified atom stereocenters. The molecule has 0 bridgehead atoms. The highest BCUT2D eigenvalue weighted by Crippen LogP contribution is 2.49. The summed E-state index contributed by atoms with van der Waals surface area (Å²) in [6.45, 7) is 0.252. The van der Waals surface area contributed by atoms with E-state index in [2.05, 4.69) is 10.0 Å². The summed E-state index contributed by atoms with van der Waals surface area (Å²) in [6.07, 6.45) is 0.333. The van der Waals surface area contributed by atoms with Crippen molar-refractivity contribution in [2.45, 2.75) is 17.2 Å². The van der Waals surface area contributed by atoms with Crippen LogP contribution in [0.4, 0.5) is 14.5 Å². The third-order valence-corrected chi connectivity index (χ3v) is 5.80. The third-order valence-electron chi connectivity index (χ3n) is 4.35. The maximum Gasteiger partial charge on any atom is 0.240 e. The van der Waals surface area contributed by atoms with Gasteiger partial charge in [-0.3, -0.25) is 4.79 Å².